The molecule has 0 aliphatic carbocycles. The van der Waals surface area contributed by atoms with Crippen LogP contribution in [-0.2, 0) is 0 Å². The molecule has 9 heteroatoms. The third-order valence-corrected chi connectivity index (χ3v) is 25.5. The normalized spacial score (nSPS) is 12.5. The number of hydrogen-bond donors (Lipinski definition) is 3. The highest BCUT2D eigenvalue weighted by molar-refractivity contribution is 7.15. The lowest BCUT2D eigenvalue weighted by molar-refractivity contribution is 1.24. The number of rotatable bonds is 9. The second-order valence-corrected chi connectivity index (χ2v) is 24.2. The third kappa shape index (κ3) is 6.02. The van der Waals surface area contributed by atoms with Gasteiger partial charge in [0.1, 0.15) is 42.2 Å². The molecule has 0 bridgehead atoms. The van der Waals surface area contributed by atoms with Gasteiger partial charge in [-0.05, 0) is 41.2 Å². The molecular weight excluding hydrogens is 433 g/mol. The minimum Gasteiger partial charge on any atom is -0.396 e. The molecule has 0 aliphatic rings. The molecule has 3 heterocycles. The molecule has 0 atom stereocenters. The van der Waals surface area contributed by atoms with Gasteiger partial charge in [-0.3, -0.25) is 0 Å². The van der Waals surface area contributed by atoms with Gasteiger partial charge >= 0.3 is 0 Å². The maximum atomic E-state index is 4.57. The molecule has 0 spiro atoms. The van der Waals surface area contributed by atoms with Crippen LogP contribution in [0.15, 0.2) is 73.2 Å². The molecular formula is C22H34N6Si3. The van der Waals surface area contributed by atoms with E-state index in [0.29, 0.717) is 4.79 Å². The SMILES string of the molecule is C[Si](C)(Nc1ccccn1)C([Si](C)(C)Nc1ccccn1)[Si](C)(C)Nc1ccccn1. The molecule has 31 heavy (non-hydrogen) atoms. The van der Waals surface area contributed by atoms with Gasteiger partial charge in [-0.1, -0.05) is 57.5 Å². The van der Waals surface area contributed by atoms with Crippen LogP contribution in [0.1, 0.15) is 0 Å². The largest absolute Gasteiger partial charge is 0.396 e. The van der Waals surface area contributed by atoms with E-state index in [1.807, 2.05) is 55.0 Å². The van der Waals surface area contributed by atoms with Crippen molar-refractivity contribution < 1.29 is 0 Å². The summed E-state index contributed by atoms with van der Waals surface area (Å²) in [5.74, 6) is 2.86. The highest BCUT2D eigenvalue weighted by atomic mass is 28.5. The molecule has 0 aliphatic heterocycles. The van der Waals surface area contributed by atoms with Crippen LogP contribution in [0.5, 0.6) is 0 Å². The van der Waals surface area contributed by atoms with Gasteiger partial charge in [-0.2, -0.15) is 0 Å². The minimum absolute atomic E-state index is 0.485. The first-order valence-corrected chi connectivity index (χ1v) is 19.9. The van der Waals surface area contributed by atoms with E-state index in [0.717, 1.165) is 17.5 Å². The van der Waals surface area contributed by atoms with Crippen LogP contribution in [0, 0.1) is 0 Å². The Kier molecular flexibility index (Phi) is 6.97. The van der Waals surface area contributed by atoms with Crippen LogP contribution >= 0.6 is 0 Å². The lowest BCUT2D eigenvalue weighted by Gasteiger charge is -2.50. The maximum absolute atomic E-state index is 4.57. The molecule has 0 fully saturated rings. The van der Waals surface area contributed by atoms with Gasteiger partial charge in [0.25, 0.3) is 0 Å². The summed E-state index contributed by atoms with van der Waals surface area (Å²) in [7, 11) is -6.07. The fraction of sp³-hybridized carbons (Fsp3) is 0.318. The van der Waals surface area contributed by atoms with Crippen molar-refractivity contribution in [1.82, 2.24) is 15.0 Å². The smallest absolute Gasteiger partial charge is 0.150 e. The second-order valence-electron chi connectivity index (χ2n) is 9.62. The molecule has 0 aromatic carbocycles. The Morgan fingerprint density at radius 1 is 0.516 bits per heavy atom. The van der Waals surface area contributed by atoms with Crippen molar-refractivity contribution in [3.63, 3.8) is 0 Å². The van der Waals surface area contributed by atoms with E-state index in [1.54, 1.807) is 0 Å². The first-order valence-electron chi connectivity index (χ1n) is 10.7. The number of nitrogens with zero attached hydrogens (tertiary/aromatic N) is 3. The Bertz CT molecular complexity index is 826. The maximum Gasteiger partial charge on any atom is 0.150 e. The van der Waals surface area contributed by atoms with Gasteiger partial charge in [-0.25, -0.2) is 15.0 Å². The topological polar surface area (TPSA) is 74.8 Å². The first-order chi connectivity index (χ1) is 14.6. The molecule has 0 saturated carbocycles. The third-order valence-electron chi connectivity index (χ3n) is 5.51. The highest BCUT2D eigenvalue weighted by Crippen LogP contribution is 2.40. The Hall–Kier alpha value is -2.50. The fourth-order valence-corrected chi connectivity index (χ4v) is 31.0. The van der Waals surface area contributed by atoms with Crippen molar-refractivity contribution in [2.45, 2.75) is 44.1 Å². The van der Waals surface area contributed by atoms with E-state index < -0.39 is 24.7 Å². The van der Waals surface area contributed by atoms with E-state index in [9.17, 15) is 0 Å². The van der Waals surface area contributed by atoms with Crippen molar-refractivity contribution >= 4 is 42.2 Å². The van der Waals surface area contributed by atoms with Gasteiger partial charge in [0, 0.05) is 18.6 Å². The number of anilines is 3. The number of pyridine rings is 3. The molecule has 3 rings (SSSR count). The monoisotopic (exact) mass is 466 g/mol. The fourth-order valence-electron chi connectivity index (χ4n) is 5.22. The van der Waals surface area contributed by atoms with Crippen LogP contribution in [0.2, 0.25) is 44.1 Å². The highest BCUT2D eigenvalue weighted by Gasteiger charge is 2.54. The van der Waals surface area contributed by atoms with Crippen LogP contribution < -0.4 is 14.9 Å². The van der Waals surface area contributed by atoms with Crippen LogP contribution in [0.25, 0.3) is 0 Å². The predicted molar refractivity (Wildman–Crippen MR) is 140 cm³/mol. The van der Waals surface area contributed by atoms with Gasteiger partial charge in [0.05, 0.1) is 0 Å². The van der Waals surface area contributed by atoms with Crippen molar-refractivity contribution in [3.05, 3.63) is 73.2 Å². The summed E-state index contributed by atoms with van der Waals surface area (Å²) in [6.45, 7) is 14.6. The summed E-state index contributed by atoms with van der Waals surface area (Å²) in [5.41, 5.74) is 0. The molecule has 3 aromatic rings. The van der Waals surface area contributed by atoms with Gasteiger partial charge in [0.15, 0.2) is 0 Å². The van der Waals surface area contributed by atoms with E-state index in [2.05, 4.69) is 87.4 Å². The van der Waals surface area contributed by atoms with Gasteiger partial charge < -0.3 is 14.9 Å². The molecule has 164 valence electrons. The van der Waals surface area contributed by atoms with Gasteiger partial charge in [-0.15, -0.1) is 0 Å². The predicted octanol–water partition coefficient (Wildman–Crippen LogP) is 5.57. The van der Waals surface area contributed by atoms with Gasteiger partial charge in [0.2, 0.25) is 0 Å². The lowest BCUT2D eigenvalue weighted by Crippen LogP contribution is -2.67. The molecule has 0 unspecified atom stereocenters. The summed E-state index contributed by atoms with van der Waals surface area (Å²) in [5, 5.41) is 0. The Morgan fingerprint density at radius 2 is 0.806 bits per heavy atom. The summed E-state index contributed by atoms with van der Waals surface area (Å²) in [6.07, 6.45) is 5.56. The first kappa shape index (κ1) is 23.2. The van der Waals surface area contributed by atoms with E-state index >= 15 is 0 Å². The van der Waals surface area contributed by atoms with Crippen molar-refractivity contribution in [3.8, 4) is 0 Å². The van der Waals surface area contributed by atoms with E-state index in [4.69, 9.17) is 0 Å². The molecule has 6 nitrogen and oxygen atoms in total. The quantitative estimate of drug-likeness (QED) is 0.358. The Morgan fingerprint density at radius 3 is 1.03 bits per heavy atom. The molecule has 3 aromatic heterocycles. The molecule has 0 amide bonds. The number of nitrogens with one attached hydrogen (secondary N) is 3. The average Bonchev–Trinajstić information content (AvgIpc) is 2.68. The zero-order valence-corrected chi connectivity index (χ0v) is 22.3. The van der Waals surface area contributed by atoms with Crippen LogP contribution in [0.3, 0.4) is 0 Å². The van der Waals surface area contributed by atoms with E-state index in [1.165, 1.54) is 0 Å². The van der Waals surface area contributed by atoms with Crippen molar-refractivity contribution in [1.29, 1.82) is 0 Å². The zero-order chi connectivity index (χ0) is 22.5. The minimum atomic E-state index is -2.02. The van der Waals surface area contributed by atoms with Crippen LogP contribution in [-0.4, -0.2) is 39.7 Å². The Balaban J connectivity index is 1.99. The van der Waals surface area contributed by atoms with Crippen LogP contribution in [0.4, 0.5) is 17.5 Å². The van der Waals surface area contributed by atoms with Crippen molar-refractivity contribution in [2.24, 2.45) is 0 Å². The summed E-state index contributed by atoms with van der Waals surface area (Å²) < 4.78 is 0. The molecule has 0 saturated heterocycles. The second kappa shape index (κ2) is 9.33. The summed E-state index contributed by atoms with van der Waals surface area (Å²) in [4.78, 5) is 25.8. The molecule has 3 N–H and O–H groups in total. The zero-order valence-electron chi connectivity index (χ0n) is 19.3. The average molecular weight is 467 g/mol. The summed E-state index contributed by atoms with van der Waals surface area (Å²) in [6, 6.07) is 18.2. The number of aromatic nitrogens is 3. The lowest BCUT2D eigenvalue weighted by atomic mass is 10.5. The van der Waals surface area contributed by atoms with Crippen molar-refractivity contribution in [2.75, 3.05) is 14.9 Å². The summed E-state index contributed by atoms with van der Waals surface area (Å²) >= 11 is 0. The number of hydrogen-bond acceptors (Lipinski definition) is 6. The standard InChI is InChI=1S/C22H34N6Si3/c1-29(2,26-19-13-7-10-16-23-19)22(30(3,4)27-20-14-8-11-17-24-20)31(5,6)28-21-15-9-12-18-25-21/h7-18,22H,1-6H3,(H,23,26)(H,24,27)(H,25,28). The molecule has 0 radical (unpaired) electrons. The Labute approximate surface area is 189 Å². The van der Waals surface area contributed by atoms with E-state index in [-0.39, 0.29) is 0 Å².